The van der Waals surface area contributed by atoms with Crippen LogP contribution in [0.1, 0.15) is 46.0 Å². The average Bonchev–Trinajstić information content (AvgIpc) is 3.14. The van der Waals surface area contributed by atoms with E-state index in [0.717, 1.165) is 12.1 Å². The van der Waals surface area contributed by atoms with E-state index in [0.29, 0.717) is 6.04 Å². The minimum atomic E-state index is 0.701. The number of hydrogen-bond donors (Lipinski definition) is 0. The predicted molar refractivity (Wildman–Crippen MR) is 91.5 cm³/mol. The van der Waals surface area contributed by atoms with Crippen molar-refractivity contribution in [3.05, 3.63) is 6.67 Å². The van der Waals surface area contributed by atoms with Crippen LogP contribution >= 0.6 is 0 Å². The molecule has 0 amide bonds. The minimum Gasteiger partial charge on any atom is -0.303 e. The molecule has 3 aliphatic rings. The molecule has 1 unspecified atom stereocenters. The Balaban J connectivity index is 1.37. The second kappa shape index (κ2) is 7.61. The van der Waals surface area contributed by atoms with Crippen molar-refractivity contribution in [3.8, 4) is 0 Å². The summed E-state index contributed by atoms with van der Waals surface area (Å²) in [6, 6.07) is 2.24. The Kier molecular flexibility index (Phi) is 5.77. The van der Waals surface area contributed by atoms with Crippen molar-refractivity contribution in [2.45, 2.75) is 64.1 Å². The van der Waals surface area contributed by atoms with Crippen LogP contribution in [-0.2, 0) is 0 Å². The van der Waals surface area contributed by atoms with E-state index in [1.54, 1.807) is 0 Å². The van der Waals surface area contributed by atoms with Gasteiger partial charge in [0, 0.05) is 37.8 Å². The van der Waals surface area contributed by atoms with Gasteiger partial charge < -0.3 is 9.80 Å². The molecule has 0 aromatic rings. The lowest BCUT2D eigenvalue weighted by molar-refractivity contribution is 0.113. The van der Waals surface area contributed by atoms with E-state index in [2.05, 4.69) is 47.2 Å². The molecule has 22 heavy (non-hydrogen) atoms. The summed E-state index contributed by atoms with van der Waals surface area (Å²) in [5.41, 5.74) is 0. The van der Waals surface area contributed by atoms with Crippen molar-refractivity contribution in [2.24, 2.45) is 0 Å². The first kappa shape index (κ1) is 16.7. The van der Waals surface area contributed by atoms with Gasteiger partial charge in [0.2, 0.25) is 0 Å². The summed E-state index contributed by atoms with van der Waals surface area (Å²) < 4.78 is 0. The van der Waals surface area contributed by atoms with Gasteiger partial charge in [-0.15, -0.1) is 0 Å². The third-order valence-corrected chi connectivity index (χ3v) is 5.95. The molecular formula is C18H34N4. The first-order valence-electron chi connectivity index (χ1n) is 9.35. The van der Waals surface area contributed by atoms with Gasteiger partial charge in [-0.25, -0.2) is 0 Å². The van der Waals surface area contributed by atoms with Crippen LogP contribution in [0.3, 0.4) is 0 Å². The van der Waals surface area contributed by atoms with Gasteiger partial charge in [-0.05, 0) is 72.6 Å². The highest BCUT2D eigenvalue weighted by molar-refractivity contribution is 4.90. The Hall–Kier alpha value is -0.160. The summed E-state index contributed by atoms with van der Waals surface area (Å²) >= 11 is 0. The molecule has 3 rings (SSSR count). The van der Waals surface area contributed by atoms with Gasteiger partial charge in [-0.3, -0.25) is 9.80 Å². The van der Waals surface area contributed by atoms with Gasteiger partial charge in [-0.2, -0.15) is 0 Å². The Morgan fingerprint density at radius 3 is 2.41 bits per heavy atom. The fourth-order valence-electron chi connectivity index (χ4n) is 4.30. The van der Waals surface area contributed by atoms with Crippen LogP contribution in [-0.4, -0.2) is 84.0 Å². The van der Waals surface area contributed by atoms with Gasteiger partial charge in [0.25, 0.3) is 0 Å². The topological polar surface area (TPSA) is 13.0 Å². The number of rotatable bonds is 5. The van der Waals surface area contributed by atoms with Crippen LogP contribution in [0.15, 0.2) is 0 Å². The van der Waals surface area contributed by atoms with Crippen LogP contribution in [0, 0.1) is 6.67 Å². The van der Waals surface area contributed by atoms with E-state index in [1.165, 1.54) is 71.4 Å². The van der Waals surface area contributed by atoms with E-state index in [4.69, 9.17) is 0 Å². The maximum Gasteiger partial charge on any atom is 0.146 e. The summed E-state index contributed by atoms with van der Waals surface area (Å²) in [5, 5.41) is 0. The van der Waals surface area contributed by atoms with Gasteiger partial charge >= 0.3 is 0 Å². The lowest BCUT2D eigenvalue weighted by Gasteiger charge is -2.38. The summed E-state index contributed by atoms with van der Waals surface area (Å²) in [6.45, 7) is 15.7. The molecule has 4 heteroatoms. The SMILES string of the molecule is CC(C)N1CCC(N2[C]N(CCC3CCCN3C)CC2)CC1. The largest absolute Gasteiger partial charge is 0.303 e. The predicted octanol–water partition coefficient (Wildman–Crippen LogP) is 1.96. The van der Waals surface area contributed by atoms with Gasteiger partial charge in [0.1, 0.15) is 6.67 Å². The molecule has 0 N–H and O–H groups in total. The van der Waals surface area contributed by atoms with Crippen LogP contribution in [0.2, 0.25) is 0 Å². The molecule has 0 aromatic carbocycles. The molecule has 126 valence electrons. The number of hydrogen-bond acceptors (Lipinski definition) is 4. The van der Waals surface area contributed by atoms with E-state index in [1.807, 2.05) is 0 Å². The van der Waals surface area contributed by atoms with Crippen LogP contribution in [0.25, 0.3) is 0 Å². The summed E-state index contributed by atoms with van der Waals surface area (Å²) in [6.07, 6.45) is 6.70. The molecule has 3 saturated heterocycles. The third kappa shape index (κ3) is 4.02. The minimum absolute atomic E-state index is 0.701. The average molecular weight is 306 g/mol. The Labute approximate surface area is 137 Å². The highest BCUT2D eigenvalue weighted by Gasteiger charge is 2.31. The van der Waals surface area contributed by atoms with Gasteiger partial charge in [-0.1, -0.05) is 0 Å². The maximum atomic E-state index is 3.67. The molecule has 1 atom stereocenters. The molecule has 0 spiro atoms. The molecule has 0 bridgehead atoms. The molecule has 0 aliphatic carbocycles. The van der Waals surface area contributed by atoms with E-state index < -0.39 is 0 Å². The van der Waals surface area contributed by atoms with Crippen LogP contribution < -0.4 is 0 Å². The Morgan fingerprint density at radius 2 is 1.77 bits per heavy atom. The van der Waals surface area contributed by atoms with Crippen molar-refractivity contribution >= 4 is 0 Å². The summed E-state index contributed by atoms with van der Waals surface area (Å²) in [7, 11) is 2.28. The molecule has 3 aliphatic heterocycles. The van der Waals surface area contributed by atoms with Crippen LogP contribution in [0.4, 0.5) is 0 Å². The van der Waals surface area contributed by atoms with Crippen molar-refractivity contribution < 1.29 is 0 Å². The highest BCUT2D eigenvalue weighted by atomic mass is 15.4. The lowest BCUT2D eigenvalue weighted by atomic mass is 10.0. The second-order valence-corrected chi connectivity index (χ2v) is 7.71. The standard InChI is InChI=1S/C18H34N4/c1-16(2)21-11-7-18(8-12-21)22-14-13-20(15-22)10-6-17-5-4-9-19(17)3/h16-18H,4-14H2,1-3H3. The maximum absolute atomic E-state index is 3.67. The quantitative estimate of drug-likeness (QED) is 0.770. The van der Waals surface area contributed by atoms with E-state index >= 15 is 0 Å². The highest BCUT2D eigenvalue weighted by Crippen LogP contribution is 2.24. The normalized spacial score (nSPS) is 30.8. The fourth-order valence-corrected chi connectivity index (χ4v) is 4.30. The molecule has 0 aromatic heterocycles. The first-order valence-corrected chi connectivity index (χ1v) is 9.35. The molecular weight excluding hydrogens is 272 g/mol. The molecule has 3 fully saturated rings. The number of nitrogens with zero attached hydrogens (tertiary/aromatic N) is 4. The zero-order valence-electron chi connectivity index (χ0n) is 14.8. The molecule has 3 heterocycles. The molecule has 0 saturated carbocycles. The zero-order valence-corrected chi connectivity index (χ0v) is 14.8. The summed E-state index contributed by atoms with van der Waals surface area (Å²) in [4.78, 5) is 10.1. The lowest BCUT2D eigenvalue weighted by Crippen LogP contribution is -2.45. The third-order valence-electron chi connectivity index (χ3n) is 5.95. The van der Waals surface area contributed by atoms with E-state index in [-0.39, 0.29) is 0 Å². The second-order valence-electron chi connectivity index (χ2n) is 7.71. The smallest absolute Gasteiger partial charge is 0.146 e. The molecule has 4 nitrogen and oxygen atoms in total. The number of likely N-dealkylation sites (tertiary alicyclic amines) is 2. The Morgan fingerprint density at radius 1 is 1.00 bits per heavy atom. The van der Waals surface area contributed by atoms with E-state index in [9.17, 15) is 0 Å². The van der Waals surface area contributed by atoms with Crippen LogP contribution in [0.5, 0.6) is 0 Å². The fraction of sp³-hybridized carbons (Fsp3) is 0.944. The number of piperidine rings is 1. The van der Waals surface area contributed by atoms with Crippen molar-refractivity contribution in [1.82, 2.24) is 19.6 Å². The van der Waals surface area contributed by atoms with Gasteiger partial charge in [0.05, 0.1) is 0 Å². The monoisotopic (exact) mass is 306 g/mol. The zero-order chi connectivity index (χ0) is 15.5. The molecule has 2 radical (unpaired) electrons. The van der Waals surface area contributed by atoms with Gasteiger partial charge in [0.15, 0.2) is 0 Å². The van der Waals surface area contributed by atoms with Crippen molar-refractivity contribution in [2.75, 3.05) is 46.3 Å². The first-order chi connectivity index (χ1) is 10.6. The summed E-state index contributed by atoms with van der Waals surface area (Å²) in [5.74, 6) is 0. The Bertz CT molecular complexity index is 338. The van der Waals surface area contributed by atoms with Crippen molar-refractivity contribution in [1.29, 1.82) is 0 Å². The van der Waals surface area contributed by atoms with Crippen molar-refractivity contribution in [3.63, 3.8) is 0 Å².